The maximum absolute atomic E-state index is 11.7. The van der Waals surface area contributed by atoms with Gasteiger partial charge in [-0.25, -0.2) is 9.97 Å². The summed E-state index contributed by atoms with van der Waals surface area (Å²) in [5.74, 6) is 0.815. The summed E-state index contributed by atoms with van der Waals surface area (Å²) in [5.41, 5.74) is 14.0. The number of piperazine rings is 1. The number of H-pyrrole nitrogens is 1. The molecule has 0 unspecified atom stereocenters. The lowest BCUT2D eigenvalue weighted by molar-refractivity contribution is -0.129. The largest absolute Gasteiger partial charge is 0.382 e. The van der Waals surface area contributed by atoms with Crippen molar-refractivity contribution in [2.24, 2.45) is 5.73 Å². The highest BCUT2D eigenvalue weighted by atomic mass is 32.1. The molecule has 32 heavy (non-hydrogen) atoms. The minimum absolute atomic E-state index is 0.286. The SMILES string of the molecule is CC(C)(C(N)=O)N1CCN(Cc2cc3nc(-c4cccc5[nH]ncc45)nc(N)c3s2)CC1. The van der Waals surface area contributed by atoms with E-state index in [4.69, 9.17) is 16.5 Å². The van der Waals surface area contributed by atoms with Gasteiger partial charge in [-0.3, -0.25) is 19.7 Å². The summed E-state index contributed by atoms with van der Waals surface area (Å²) in [7, 11) is 0. The minimum atomic E-state index is -0.623. The predicted octanol–water partition coefficient (Wildman–Crippen LogP) is 2.20. The van der Waals surface area contributed by atoms with Crippen LogP contribution in [-0.2, 0) is 11.3 Å². The molecule has 3 aromatic heterocycles. The zero-order valence-corrected chi connectivity index (χ0v) is 18.9. The van der Waals surface area contributed by atoms with Crippen LogP contribution in [0.5, 0.6) is 0 Å². The number of aromatic nitrogens is 4. The van der Waals surface area contributed by atoms with E-state index in [1.54, 1.807) is 17.5 Å². The zero-order chi connectivity index (χ0) is 22.5. The van der Waals surface area contributed by atoms with Crippen molar-refractivity contribution in [3.63, 3.8) is 0 Å². The maximum Gasteiger partial charge on any atom is 0.237 e. The Labute approximate surface area is 189 Å². The minimum Gasteiger partial charge on any atom is -0.382 e. The van der Waals surface area contributed by atoms with Crippen LogP contribution in [0.4, 0.5) is 5.82 Å². The molecule has 0 saturated carbocycles. The van der Waals surface area contributed by atoms with Crippen LogP contribution in [-0.4, -0.2) is 67.6 Å². The summed E-state index contributed by atoms with van der Waals surface area (Å²) >= 11 is 1.64. The van der Waals surface area contributed by atoms with Crippen molar-refractivity contribution >= 4 is 44.2 Å². The van der Waals surface area contributed by atoms with Crippen LogP contribution in [0, 0.1) is 0 Å². The van der Waals surface area contributed by atoms with E-state index in [9.17, 15) is 4.79 Å². The molecule has 4 aromatic rings. The van der Waals surface area contributed by atoms with Gasteiger partial charge in [-0.15, -0.1) is 11.3 Å². The van der Waals surface area contributed by atoms with Crippen LogP contribution >= 0.6 is 11.3 Å². The van der Waals surface area contributed by atoms with Crippen molar-refractivity contribution in [3.05, 3.63) is 35.3 Å². The van der Waals surface area contributed by atoms with Gasteiger partial charge in [-0.05, 0) is 26.0 Å². The Morgan fingerprint density at radius 3 is 2.75 bits per heavy atom. The summed E-state index contributed by atoms with van der Waals surface area (Å²) in [6, 6.07) is 8.02. The number of aromatic amines is 1. The number of amides is 1. The van der Waals surface area contributed by atoms with Gasteiger partial charge in [-0.2, -0.15) is 5.10 Å². The van der Waals surface area contributed by atoms with Crippen molar-refractivity contribution in [3.8, 4) is 11.4 Å². The highest BCUT2D eigenvalue weighted by molar-refractivity contribution is 7.19. The number of fused-ring (bicyclic) bond motifs is 2. The number of hydrogen-bond donors (Lipinski definition) is 3. The van der Waals surface area contributed by atoms with Gasteiger partial charge in [0.15, 0.2) is 5.82 Å². The fraction of sp³-hybridized carbons (Fsp3) is 0.364. The fourth-order valence-electron chi connectivity index (χ4n) is 4.20. The number of carbonyl (C=O) groups excluding carboxylic acids is 1. The first-order chi connectivity index (χ1) is 15.3. The first-order valence-corrected chi connectivity index (χ1v) is 11.4. The van der Waals surface area contributed by atoms with Gasteiger partial charge in [0.1, 0.15) is 5.82 Å². The van der Waals surface area contributed by atoms with Gasteiger partial charge in [0, 0.05) is 48.6 Å². The fourth-order valence-corrected chi connectivity index (χ4v) is 5.24. The van der Waals surface area contributed by atoms with E-state index in [1.165, 1.54) is 4.88 Å². The molecule has 1 aliphatic heterocycles. The molecular formula is C22H26N8OS. The second kappa shape index (κ2) is 7.80. The molecule has 166 valence electrons. The maximum atomic E-state index is 11.7. The van der Waals surface area contributed by atoms with Crippen molar-refractivity contribution in [1.29, 1.82) is 0 Å². The molecule has 1 fully saturated rings. The predicted molar refractivity (Wildman–Crippen MR) is 127 cm³/mol. The number of nitrogens with two attached hydrogens (primary N) is 2. The number of nitrogens with one attached hydrogen (secondary N) is 1. The van der Waals surface area contributed by atoms with Crippen LogP contribution in [0.15, 0.2) is 30.5 Å². The van der Waals surface area contributed by atoms with E-state index < -0.39 is 5.54 Å². The lowest BCUT2D eigenvalue weighted by Gasteiger charge is -2.42. The number of carbonyl (C=O) groups is 1. The highest BCUT2D eigenvalue weighted by Crippen LogP contribution is 2.33. The van der Waals surface area contributed by atoms with Gasteiger partial charge < -0.3 is 11.5 Å². The number of thiophene rings is 1. The Balaban J connectivity index is 1.36. The summed E-state index contributed by atoms with van der Waals surface area (Å²) in [4.78, 5) is 26.9. The standard InChI is InChI=1S/C22H26N8OS/c1-22(2,21(24)31)30-8-6-29(7-9-30)12-13-10-17-18(32-13)19(23)27-20(26-17)14-4-3-5-16-15(14)11-25-28-16/h3-5,10-11H,6-9,12H2,1-2H3,(H2,24,31)(H,25,28)(H2,23,26,27). The van der Waals surface area contributed by atoms with Crippen molar-refractivity contribution in [2.45, 2.75) is 25.9 Å². The number of nitrogens with zero attached hydrogens (tertiary/aromatic N) is 5. The molecule has 0 spiro atoms. The molecule has 5 rings (SSSR count). The molecule has 0 aliphatic carbocycles. The van der Waals surface area contributed by atoms with Gasteiger partial charge in [-0.1, -0.05) is 12.1 Å². The average Bonchev–Trinajstić information content (AvgIpc) is 3.40. The lowest BCUT2D eigenvalue weighted by Crippen LogP contribution is -2.59. The smallest absolute Gasteiger partial charge is 0.237 e. The molecular weight excluding hydrogens is 424 g/mol. The molecule has 1 aliphatic rings. The normalized spacial score (nSPS) is 16.2. The van der Waals surface area contributed by atoms with E-state index in [-0.39, 0.29) is 5.91 Å². The monoisotopic (exact) mass is 450 g/mol. The summed E-state index contributed by atoms with van der Waals surface area (Å²) < 4.78 is 0.914. The summed E-state index contributed by atoms with van der Waals surface area (Å²) in [5, 5.41) is 8.08. The van der Waals surface area contributed by atoms with Crippen LogP contribution in [0.1, 0.15) is 18.7 Å². The number of anilines is 1. The number of hydrogen-bond acceptors (Lipinski definition) is 8. The number of primary amides is 1. The van der Waals surface area contributed by atoms with Crippen molar-refractivity contribution < 1.29 is 4.79 Å². The van der Waals surface area contributed by atoms with Crippen molar-refractivity contribution in [1.82, 2.24) is 30.0 Å². The Morgan fingerprint density at radius 1 is 1.22 bits per heavy atom. The van der Waals surface area contributed by atoms with Gasteiger partial charge in [0.05, 0.1) is 27.5 Å². The van der Waals surface area contributed by atoms with E-state index in [0.717, 1.165) is 59.4 Å². The second-order valence-electron chi connectivity index (χ2n) is 8.68. The first kappa shape index (κ1) is 20.8. The summed E-state index contributed by atoms with van der Waals surface area (Å²) in [6.45, 7) is 7.96. The van der Waals surface area contributed by atoms with Crippen molar-refractivity contribution in [2.75, 3.05) is 31.9 Å². The number of nitrogen functional groups attached to an aromatic ring is 1. The molecule has 1 aromatic carbocycles. The van der Waals surface area contributed by atoms with Gasteiger partial charge in [0.25, 0.3) is 0 Å². The van der Waals surface area contributed by atoms with Crippen LogP contribution in [0.2, 0.25) is 0 Å². The molecule has 0 radical (unpaired) electrons. The van der Waals surface area contributed by atoms with E-state index >= 15 is 0 Å². The molecule has 0 bridgehead atoms. The second-order valence-corrected chi connectivity index (χ2v) is 9.82. The topological polar surface area (TPSA) is 130 Å². The first-order valence-electron chi connectivity index (χ1n) is 10.6. The molecule has 5 N–H and O–H groups in total. The lowest BCUT2D eigenvalue weighted by atomic mass is 10.0. The molecule has 10 heteroatoms. The zero-order valence-electron chi connectivity index (χ0n) is 18.1. The third kappa shape index (κ3) is 3.60. The molecule has 1 saturated heterocycles. The molecule has 0 atom stereocenters. The molecule has 9 nitrogen and oxygen atoms in total. The van der Waals surface area contributed by atoms with Crippen LogP contribution in [0.25, 0.3) is 32.5 Å². The highest BCUT2D eigenvalue weighted by Gasteiger charge is 2.34. The Morgan fingerprint density at radius 2 is 2.00 bits per heavy atom. The Kier molecular flexibility index (Phi) is 5.07. The van der Waals surface area contributed by atoms with Crippen LogP contribution in [0.3, 0.4) is 0 Å². The average molecular weight is 451 g/mol. The third-order valence-corrected chi connectivity index (χ3v) is 7.45. The van der Waals surface area contributed by atoms with Crippen LogP contribution < -0.4 is 11.5 Å². The Bertz CT molecular complexity index is 1300. The quantitative estimate of drug-likeness (QED) is 0.425. The van der Waals surface area contributed by atoms with E-state index in [0.29, 0.717) is 11.6 Å². The molecule has 4 heterocycles. The third-order valence-electron chi connectivity index (χ3n) is 6.32. The van der Waals surface area contributed by atoms with Gasteiger partial charge >= 0.3 is 0 Å². The van der Waals surface area contributed by atoms with Gasteiger partial charge in [0.2, 0.25) is 5.91 Å². The Hall–Kier alpha value is -3.08. The molecule has 1 amide bonds. The summed E-state index contributed by atoms with van der Waals surface area (Å²) in [6.07, 6.45) is 1.78. The number of rotatable bonds is 5. The van der Waals surface area contributed by atoms with E-state index in [1.807, 2.05) is 32.0 Å². The number of benzene rings is 1. The van der Waals surface area contributed by atoms with E-state index in [2.05, 4.69) is 31.0 Å².